The number of benzene rings is 1. The monoisotopic (exact) mass is 234 g/mol. The van der Waals surface area contributed by atoms with E-state index in [9.17, 15) is 9.18 Å². The Morgan fingerprint density at radius 2 is 2.18 bits per heavy atom. The highest BCUT2D eigenvalue weighted by molar-refractivity contribution is 5.79. The molecule has 0 bridgehead atoms. The van der Waals surface area contributed by atoms with E-state index in [4.69, 9.17) is 4.52 Å². The van der Waals surface area contributed by atoms with Gasteiger partial charge >= 0.3 is 0 Å². The summed E-state index contributed by atoms with van der Waals surface area (Å²) in [7, 11) is 0. The summed E-state index contributed by atoms with van der Waals surface area (Å²) in [6.07, 6.45) is 0.509. The molecule has 0 aliphatic carbocycles. The van der Waals surface area contributed by atoms with Crippen molar-refractivity contribution in [1.29, 1.82) is 0 Å². The third-order valence-corrected chi connectivity index (χ3v) is 2.33. The minimum atomic E-state index is -0.415. The van der Waals surface area contributed by atoms with E-state index in [0.717, 1.165) is 0 Å². The van der Waals surface area contributed by atoms with Crippen LogP contribution in [0.15, 0.2) is 28.8 Å². The molecule has 0 N–H and O–H groups in total. The van der Waals surface area contributed by atoms with Crippen molar-refractivity contribution in [3.8, 4) is 11.4 Å². The van der Waals surface area contributed by atoms with Gasteiger partial charge < -0.3 is 4.52 Å². The molecule has 2 aromatic rings. The summed E-state index contributed by atoms with van der Waals surface area (Å²) in [6.45, 7) is 1.76. The molecule has 5 heteroatoms. The second-order valence-corrected chi connectivity index (χ2v) is 3.56. The Hall–Kier alpha value is -2.04. The number of carbonyl (C=O) groups excluding carboxylic acids is 1. The van der Waals surface area contributed by atoms with E-state index in [0.29, 0.717) is 6.42 Å². The lowest BCUT2D eigenvalue weighted by molar-refractivity contribution is -0.118. The fraction of sp³-hybridized carbons (Fsp3) is 0.250. The molecule has 2 rings (SSSR count). The van der Waals surface area contributed by atoms with Gasteiger partial charge in [-0.15, -0.1) is 0 Å². The van der Waals surface area contributed by atoms with Gasteiger partial charge in [-0.3, -0.25) is 4.79 Å². The zero-order valence-electron chi connectivity index (χ0n) is 9.31. The van der Waals surface area contributed by atoms with E-state index in [1.165, 1.54) is 6.07 Å². The van der Waals surface area contributed by atoms with E-state index in [1.54, 1.807) is 25.1 Å². The number of carbonyl (C=O) groups is 1. The molecule has 17 heavy (non-hydrogen) atoms. The Morgan fingerprint density at radius 3 is 2.88 bits per heavy atom. The molecule has 88 valence electrons. The van der Waals surface area contributed by atoms with Crippen LogP contribution in [0.25, 0.3) is 11.4 Å². The van der Waals surface area contributed by atoms with Gasteiger partial charge in [0.15, 0.2) is 0 Å². The van der Waals surface area contributed by atoms with Gasteiger partial charge in [0.2, 0.25) is 11.7 Å². The average molecular weight is 234 g/mol. The Balaban J connectivity index is 2.24. The second kappa shape index (κ2) is 4.86. The summed E-state index contributed by atoms with van der Waals surface area (Å²) < 4.78 is 18.3. The lowest BCUT2D eigenvalue weighted by Gasteiger charge is -1.94. The second-order valence-electron chi connectivity index (χ2n) is 3.56. The van der Waals surface area contributed by atoms with Crippen LogP contribution >= 0.6 is 0 Å². The highest BCUT2D eigenvalue weighted by Gasteiger charge is 2.13. The van der Waals surface area contributed by atoms with Crippen LogP contribution in [0, 0.1) is 5.82 Å². The van der Waals surface area contributed by atoms with Crippen molar-refractivity contribution in [2.75, 3.05) is 0 Å². The molecule has 0 unspecified atom stereocenters. The van der Waals surface area contributed by atoms with E-state index < -0.39 is 5.82 Å². The number of rotatable bonds is 4. The topological polar surface area (TPSA) is 56.0 Å². The quantitative estimate of drug-likeness (QED) is 0.815. The fourth-order valence-corrected chi connectivity index (χ4v) is 1.37. The first-order chi connectivity index (χ1) is 8.20. The predicted molar refractivity (Wildman–Crippen MR) is 58.7 cm³/mol. The lowest BCUT2D eigenvalue weighted by Crippen LogP contribution is -2.00. The van der Waals surface area contributed by atoms with Crippen LogP contribution in [0.3, 0.4) is 0 Å². The molecule has 0 fully saturated rings. The molecule has 0 aliphatic rings. The molecule has 0 spiro atoms. The van der Waals surface area contributed by atoms with Crippen molar-refractivity contribution in [1.82, 2.24) is 10.1 Å². The highest BCUT2D eigenvalue weighted by atomic mass is 19.1. The number of ketones is 1. The zero-order chi connectivity index (χ0) is 12.3. The molecule has 1 aromatic heterocycles. The maximum Gasteiger partial charge on any atom is 0.234 e. The van der Waals surface area contributed by atoms with Crippen LogP contribution in [-0.2, 0) is 11.2 Å². The van der Waals surface area contributed by atoms with Gasteiger partial charge in [-0.25, -0.2) is 4.39 Å². The first-order valence-corrected chi connectivity index (χ1v) is 5.30. The van der Waals surface area contributed by atoms with Crippen molar-refractivity contribution in [3.63, 3.8) is 0 Å². The van der Waals surface area contributed by atoms with Gasteiger partial charge in [0.05, 0.1) is 12.0 Å². The van der Waals surface area contributed by atoms with Crippen molar-refractivity contribution in [2.24, 2.45) is 0 Å². The van der Waals surface area contributed by atoms with Crippen LogP contribution in [0.1, 0.15) is 19.2 Å². The maximum atomic E-state index is 13.4. The van der Waals surface area contributed by atoms with Gasteiger partial charge in [-0.1, -0.05) is 24.2 Å². The number of aromatic nitrogens is 2. The Morgan fingerprint density at radius 1 is 1.41 bits per heavy atom. The molecular formula is C12H11FN2O2. The van der Waals surface area contributed by atoms with Crippen molar-refractivity contribution in [2.45, 2.75) is 19.8 Å². The molecule has 0 radical (unpaired) electrons. The van der Waals surface area contributed by atoms with Gasteiger partial charge in [-0.05, 0) is 12.1 Å². The number of hydrogen-bond acceptors (Lipinski definition) is 4. The first-order valence-electron chi connectivity index (χ1n) is 5.30. The van der Waals surface area contributed by atoms with Gasteiger partial charge in [0, 0.05) is 6.42 Å². The van der Waals surface area contributed by atoms with Crippen LogP contribution in [0.5, 0.6) is 0 Å². The minimum absolute atomic E-state index is 0.00809. The fourth-order valence-electron chi connectivity index (χ4n) is 1.37. The van der Waals surface area contributed by atoms with Gasteiger partial charge in [-0.2, -0.15) is 4.98 Å². The van der Waals surface area contributed by atoms with Crippen molar-refractivity contribution >= 4 is 5.78 Å². The standard InChI is InChI=1S/C12H11FN2O2/c1-2-8(16)7-11-14-12(15-17-11)9-5-3-4-6-10(9)13/h3-6H,2,7H2,1H3. The third kappa shape index (κ3) is 2.55. The Kier molecular flexibility index (Phi) is 3.27. The Bertz CT molecular complexity index is 537. The third-order valence-electron chi connectivity index (χ3n) is 2.33. The highest BCUT2D eigenvalue weighted by Crippen LogP contribution is 2.19. The maximum absolute atomic E-state index is 13.4. The predicted octanol–water partition coefficient (Wildman–Crippen LogP) is 2.40. The number of halogens is 1. The number of Topliss-reactive ketones (excluding diaryl/α,β-unsaturated/α-hetero) is 1. The smallest absolute Gasteiger partial charge is 0.234 e. The summed E-state index contributed by atoms with van der Waals surface area (Å²) in [5.74, 6) is -0.0208. The van der Waals surface area contributed by atoms with E-state index in [2.05, 4.69) is 10.1 Å². The summed E-state index contributed by atoms with van der Waals surface area (Å²) in [5.41, 5.74) is 0.270. The largest absolute Gasteiger partial charge is 0.338 e. The molecule has 0 amide bonds. The normalized spacial score (nSPS) is 10.5. The summed E-state index contributed by atoms with van der Waals surface area (Å²) in [4.78, 5) is 15.2. The van der Waals surface area contributed by atoms with Gasteiger partial charge in [0.1, 0.15) is 11.6 Å². The van der Waals surface area contributed by atoms with Crippen molar-refractivity contribution < 1.29 is 13.7 Å². The van der Waals surface area contributed by atoms with Crippen LogP contribution < -0.4 is 0 Å². The summed E-state index contributed by atoms with van der Waals surface area (Å²) >= 11 is 0. The average Bonchev–Trinajstić information content (AvgIpc) is 2.78. The number of nitrogens with zero attached hydrogens (tertiary/aromatic N) is 2. The zero-order valence-corrected chi connectivity index (χ0v) is 9.31. The molecule has 1 aromatic carbocycles. The molecule has 1 heterocycles. The Labute approximate surface area is 97.5 Å². The van der Waals surface area contributed by atoms with E-state index >= 15 is 0 Å². The summed E-state index contributed by atoms with van der Waals surface area (Å²) in [5, 5.41) is 3.66. The molecule has 4 nitrogen and oxygen atoms in total. The van der Waals surface area contributed by atoms with E-state index in [1.807, 2.05) is 0 Å². The molecular weight excluding hydrogens is 223 g/mol. The van der Waals surface area contributed by atoms with E-state index in [-0.39, 0.29) is 29.5 Å². The first kappa shape index (κ1) is 11.4. The molecule has 0 saturated carbocycles. The van der Waals surface area contributed by atoms with Crippen LogP contribution in [0.4, 0.5) is 4.39 Å². The molecule has 0 aliphatic heterocycles. The lowest BCUT2D eigenvalue weighted by atomic mass is 10.2. The molecule has 0 saturated heterocycles. The summed E-state index contributed by atoms with van der Waals surface area (Å²) in [6, 6.07) is 6.15. The number of hydrogen-bond donors (Lipinski definition) is 0. The molecule has 0 atom stereocenters. The SMILES string of the molecule is CCC(=O)Cc1nc(-c2ccccc2F)no1. The van der Waals surface area contributed by atoms with Crippen LogP contribution in [-0.4, -0.2) is 15.9 Å². The van der Waals surface area contributed by atoms with Crippen molar-refractivity contribution in [3.05, 3.63) is 36.0 Å². The minimum Gasteiger partial charge on any atom is -0.338 e. The van der Waals surface area contributed by atoms with Crippen LogP contribution in [0.2, 0.25) is 0 Å². The van der Waals surface area contributed by atoms with Gasteiger partial charge in [0.25, 0.3) is 0 Å².